The molecule has 12 heteroatoms. The smallest absolute Gasteiger partial charge is 0.311 e. The van der Waals surface area contributed by atoms with E-state index in [2.05, 4.69) is 25.5 Å². The predicted molar refractivity (Wildman–Crippen MR) is 139 cm³/mol. The second-order valence-corrected chi connectivity index (χ2v) is 8.75. The number of nitrogens with zero attached hydrogens (tertiary/aromatic N) is 4. The Hall–Kier alpha value is -4.00. The molecule has 12 nitrogen and oxygen atoms in total. The fourth-order valence-electron chi connectivity index (χ4n) is 4.35. The van der Waals surface area contributed by atoms with Crippen LogP contribution in [0.3, 0.4) is 0 Å². The van der Waals surface area contributed by atoms with E-state index in [1.807, 2.05) is 18.2 Å². The molecular formula is C26H30N6O6. The first-order valence-corrected chi connectivity index (χ1v) is 12.4. The second-order valence-electron chi connectivity index (χ2n) is 8.75. The lowest BCUT2D eigenvalue weighted by atomic mass is 10.1. The number of aromatic nitrogens is 2. The Balaban J connectivity index is 1.21. The summed E-state index contributed by atoms with van der Waals surface area (Å²) in [6.45, 7) is 5.46. The first kappa shape index (κ1) is 25.6. The molecule has 0 aliphatic carbocycles. The minimum Gasteiger partial charge on any atom is -0.491 e. The average molecular weight is 523 g/mol. The molecule has 4 heterocycles. The highest BCUT2D eigenvalue weighted by molar-refractivity contribution is 6.10. The highest BCUT2D eigenvalue weighted by Crippen LogP contribution is 2.32. The van der Waals surface area contributed by atoms with Crippen molar-refractivity contribution in [3.63, 3.8) is 0 Å². The molecule has 1 fully saturated rings. The van der Waals surface area contributed by atoms with E-state index in [0.717, 1.165) is 37.4 Å². The summed E-state index contributed by atoms with van der Waals surface area (Å²) in [6, 6.07) is 7.23. The third-order valence-corrected chi connectivity index (χ3v) is 6.27. The molecule has 2 amide bonds. The van der Waals surface area contributed by atoms with Gasteiger partial charge in [0, 0.05) is 45.0 Å². The summed E-state index contributed by atoms with van der Waals surface area (Å²) < 4.78 is 21.8. The maximum absolute atomic E-state index is 13.1. The Kier molecular flexibility index (Phi) is 8.12. The van der Waals surface area contributed by atoms with Gasteiger partial charge in [-0.25, -0.2) is 4.98 Å². The summed E-state index contributed by atoms with van der Waals surface area (Å²) >= 11 is 0. The van der Waals surface area contributed by atoms with Crippen LogP contribution in [-0.4, -0.2) is 81.5 Å². The van der Waals surface area contributed by atoms with Crippen molar-refractivity contribution >= 4 is 29.1 Å². The zero-order chi connectivity index (χ0) is 26.3. The fourth-order valence-corrected chi connectivity index (χ4v) is 4.35. The minimum atomic E-state index is -0.520. The topological polar surface area (TPSA) is 131 Å². The third-order valence-electron chi connectivity index (χ3n) is 6.27. The minimum absolute atomic E-state index is 0.142. The average Bonchev–Trinajstić information content (AvgIpc) is 3.56. The van der Waals surface area contributed by atoms with E-state index in [4.69, 9.17) is 18.6 Å². The molecule has 0 saturated carbocycles. The molecule has 1 saturated heterocycles. The van der Waals surface area contributed by atoms with E-state index in [-0.39, 0.29) is 17.7 Å². The van der Waals surface area contributed by atoms with Crippen LogP contribution in [0.1, 0.15) is 26.6 Å². The first-order chi connectivity index (χ1) is 18.6. The van der Waals surface area contributed by atoms with Gasteiger partial charge in [0.2, 0.25) is 5.88 Å². The predicted octanol–water partition coefficient (Wildman–Crippen LogP) is 1.93. The highest BCUT2D eigenvalue weighted by Gasteiger charge is 2.32. The number of amides is 2. The zero-order valence-electron chi connectivity index (χ0n) is 21.1. The van der Waals surface area contributed by atoms with Crippen molar-refractivity contribution in [3.05, 3.63) is 59.9 Å². The third kappa shape index (κ3) is 5.77. The van der Waals surface area contributed by atoms with Crippen LogP contribution in [0.5, 0.6) is 5.75 Å². The Bertz CT molecular complexity index is 1270. The van der Waals surface area contributed by atoms with E-state index < -0.39 is 5.91 Å². The summed E-state index contributed by atoms with van der Waals surface area (Å²) in [5, 5.41) is 6.16. The molecule has 0 bridgehead atoms. The molecule has 0 spiro atoms. The van der Waals surface area contributed by atoms with Gasteiger partial charge in [0.05, 0.1) is 50.1 Å². The van der Waals surface area contributed by atoms with Crippen molar-refractivity contribution in [1.29, 1.82) is 0 Å². The second kappa shape index (κ2) is 12.0. The van der Waals surface area contributed by atoms with Crippen LogP contribution >= 0.6 is 0 Å². The highest BCUT2D eigenvalue weighted by atomic mass is 16.5. The van der Waals surface area contributed by atoms with Crippen LogP contribution < -0.4 is 25.2 Å². The van der Waals surface area contributed by atoms with Crippen LogP contribution in [0.25, 0.3) is 0 Å². The monoisotopic (exact) mass is 522 g/mol. The quantitative estimate of drug-likeness (QED) is 0.360. The normalized spacial score (nSPS) is 15.0. The van der Waals surface area contributed by atoms with E-state index in [1.165, 1.54) is 11.1 Å². The Morgan fingerprint density at radius 3 is 2.82 bits per heavy atom. The molecule has 2 aromatic heterocycles. The van der Waals surface area contributed by atoms with Crippen molar-refractivity contribution in [2.75, 3.05) is 74.8 Å². The van der Waals surface area contributed by atoms with Crippen LogP contribution in [0, 0.1) is 0 Å². The summed E-state index contributed by atoms with van der Waals surface area (Å²) in [5.41, 5.74) is 2.80. The van der Waals surface area contributed by atoms with Crippen LogP contribution in [0.15, 0.2) is 47.3 Å². The number of nitrogens with one attached hydrogen (secondary N) is 2. The van der Waals surface area contributed by atoms with Gasteiger partial charge in [-0.2, -0.15) is 0 Å². The summed E-state index contributed by atoms with van der Waals surface area (Å²) in [4.78, 5) is 38.0. The molecule has 0 atom stereocenters. The molecule has 1 aromatic carbocycles. The number of ether oxygens (including phenoxy) is 3. The van der Waals surface area contributed by atoms with Crippen molar-refractivity contribution in [1.82, 2.24) is 15.3 Å². The molecule has 0 radical (unpaired) electrons. The SMILES string of the molecule is COCCOCCOc1ccc2c(c1)C(=O)N(c1cnc(C(=O)Nc3cnccc3N3CCNCC3)o1)C2. The van der Waals surface area contributed by atoms with Gasteiger partial charge in [0.25, 0.3) is 11.8 Å². The standard InChI is InChI=1S/C26H30N6O6/c1-35-10-11-36-12-13-37-19-3-2-18-17-32(26(34)20(18)14-19)23-16-29-25(38-23)24(33)30-21-15-28-5-4-22(21)31-8-6-27-7-9-31/h2-5,14-16,27H,6-13,17H2,1H3,(H,30,33). The van der Waals surface area contributed by atoms with Crippen LogP contribution in [0.2, 0.25) is 0 Å². The van der Waals surface area contributed by atoms with Gasteiger partial charge in [-0.15, -0.1) is 0 Å². The zero-order valence-corrected chi connectivity index (χ0v) is 21.1. The van der Waals surface area contributed by atoms with Crippen LogP contribution in [0.4, 0.5) is 17.3 Å². The molecule has 2 N–H and O–H groups in total. The van der Waals surface area contributed by atoms with Crippen molar-refractivity contribution in [3.8, 4) is 5.75 Å². The molecule has 2 aliphatic heterocycles. The van der Waals surface area contributed by atoms with Crippen molar-refractivity contribution in [2.45, 2.75) is 6.54 Å². The number of anilines is 3. The molecule has 200 valence electrons. The Morgan fingerprint density at radius 1 is 1.13 bits per heavy atom. The van der Waals surface area contributed by atoms with Gasteiger partial charge < -0.3 is 34.2 Å². The summed E-state index contributed by atoms with van der Waals surface area (Å²) in [7, 11) is 1.62. The largest absolute Gasteiger partial charge is 0.491 e. The first-order valence-electron chi connectivity index (χ1n) is 12.4. The molecule has 38 heavy (non-hydrogen) atoms. The van der Waals surface area contributed by atoms with Gasteiger partial charge in [-0.05, 0) is 23.8 Å². The molecule has 2 aliphatic rings. The number of oxazole rings is 1. The lowest BCUT2D eigenvalue weighted by molar-refractivity contribution is 0.0544. The van der Waals surface area contributed by atoms with Gasteiger partial charge in [-0.3, -0.25) is 19.5 Å². The maximum atomic E-state index is 13.1. The number of hydrogen-bond donors (Lipinski definition) is 2. The molecule has 5 rings (SSSR count). The molecule has 3 aromatic rings. The number of pyridine rings is 1. The van der Waals surface area contributed by atoms with Crippen molar-refractivity contribution in [2.24, 2.45) is 0 Å². The number of fused-ring (bicyclic) bond motifs is 1. The number of piperazine rings is 1. The maximum Gasteiger partial charge on any atom is 0.311 e. The number of hydrogen-bond acceptors (Lipinski definition) is 10. The lowest BCUT2D eigenvalue weighted by Crippen LogP contribution is -2.43. The van der Waals surface area contributed by atoms with Gasteiger partial charge >= 0.3 is 5.91 Å². The number of benzene rings is 1. The number of carbonyl (C=O) groups is 2. The molecule has 0 unspecified atom stereocenters. The van der Waals surface area contributed by atoms with Gasteiger partial charge in [-0.1, -0.05) is 6.07 Å². The molecular weight excluding hydrogens is 492 g/mol. The van der Waals surface area contributed by atoms with Crippen molar-refractivity contribution < 1.29 is 28.2 Å². The van der Waals surface area contributed by atoms with E-state index >= 15 is 0 Å². The Morgan fingerprint density at radius 2 is 1.97 bits per heavy atom. The fraction of sp³-hybridized carbons (Fsp3) is 0.385. The summed E-state index contributed by atoms with van der Waals surface area (Å²) in [6.07, 6.45) is 4.68. The van der Waals surface area contributed by atoms with E-state index in [0.29, 0.717) is 50.0 Å². The number of carbonyl (C=O) groups excluding carboxylic acids is 2. The van der Waals surface area contributed by atoms with Crippen LogP contribution in [-0.2, 0) is 16.0 Å². The summed E-state index contributed by atoms with van der Waals surface area (Å²) in [5.74, 6) is -0.148. The number of rotatable bonds is 11. The van der Waals surface area contributed by atoms with Gasteiger partial charge in [0.1, 0.15) is 12.4 Å². The van der Waals surface area contributed by atoms with E-state index in [1.54, 1.807) is 25.6 Å². The Labute approximate surface area is 219 Å². The van der Waals surface area contributed by atoms with Gasteiger partial charge in [0.15, 0.2) is 0 Å². The lowest BCUT2D eigenvalue weighted by Gasteiger charge is -2.30. The number of methoxy groups -OCH3 is 1. The van der Waals surface area contributed by atoms with E-state index in [9.17, 15) is 9.59 Å².